The standard InChI is InChI=1S/C16H22ClNO4S/c1-16(2,3)22-15(19)18-10-8-14(9-11-18)23(20,21)13-6-4-12(17)5-7-13/h4-7,14H,8-11H2,1-3H3. The van der Waals surface area contributed by atoms with Gasteiger partial charge in [-0.05, 0) is 57.9 Å². The molecule has 1 aromatic rings. The van der Waals surface area contributed by atoms with Crippen molar-refractivity contribution >= 4 is 27.5 Å². The van der Waals surface area contributed by atoms with E-state index in [9.17, 15) is 13.2 Å². The van der Waals surface area contributed by atoms with Gasteiger partial charge in [-0.25, -0.2) is 13.2 Å². The van der Waals surface area contributed by atoms with Gasteiger partial charge in [-0.1, -0.05) is 11.6 Å². The highest BCUT2D eigenvalue weighted by atomic mass is 35.5. The number of hydrogen-bond donors (Lipinski definition) is 0. The van der Waals surface area contributed by atoms with Crippen LogP contribution in [-0.2, 0) is 14.6 Å². The van der Waals surface area contributed by atoms with Crippen LogP contribution in [0.3, 0.4) is 0 Å². The first-order valence-electron chi connectivity index (χ1n) is 7.57. The Hall–Kier alpha value is -1.27. The van der Waals surface area contributed by atoms with Crippen molar-refractivity contribution in [2.75, 3.05) is 13.1 Å². The van der Waals surface area contributed by atoms with Crippen molar-refractivity contribution < 1.29 is 17.9 Å². The van der Waals surface area contributed by atoms with Gasteiger partial charge in [0.25, 0.3) is 0 Å². The average molecular weight is 360 g/mol. The third-order valence-electron chi connectivity index (χ3n) is 3.67. The van der Waals surface area contributed by atoms with E-state index < -0.39 is 20.7 Å². The zero-order chi connectivity index (χ0) is 17.3. The number of hydrogen-bond acceptors (Lipinski definition) is 4. The molecule has 2 rings (SSSR count). The Bertz CT molecular complexity index is 656. The van der Waals surface area contributed by atoms with Crippen LogP contribution in [0.25, 0.3) is 0 Å². The molecule has 23 heavy (non-hydrogen) atoms. The van der Waals surface area contributed by atoms with Crippen LogP contribution in [-0.4, -0.2) is 43.4 Å². The fraction of sp³-hybridized carbons (Fsp3) is 0.562. The van der Waals surface area contributed by atoms with Gasteiger partial charge < -0.3 is 9.64 Å². The second kappa shape index (κ2) is 6.69. The van der Waals surface area contributed by atoms with Gasteiger partial charge in [0.2, 0.25) is 0 Å². The quantitative estimate of drug-likeness (QED) is 0.810. The average Bonchev–Trinajstić information content (AvgIpc) is 2.46. The van der Waals surface area contributed by atoms with E-state index in [2.05, 4.69) is 0 Å². The summed E-state index contributed by atoms with van der Waals surface area (Å²) >= 11 is 5.80. The second-order valence-electron chi connectivity index (χ2n) is 6.67. The molecule has 1 fully saturated rings. The molecule has 0 aromatic heterocycles. The lowest BCUT2D eigenvalue weighted by Gasteiger charge is -2.33. The van der Waals surface area contributed by atoms with Gasteiger partial charge in [0.15, 0.2) is 9.84 Å². The van der Waals surface area contributed by atoms with Crippen molar-refractivity contribution in [3.05, 3.63) is 29.3 Å². The predicted molar refractivity (Wildman–Crippen MR) is 89.5 cm³/mol. The van der Waals surface area contributed by atoms with Gasteiger partial charge in [0.05, 0.1) is 10.1 Å². The lowest BCUT2D eigenvalue weighted by atomic mass is 10.1. The highest BCUT2D eigenvalue weighted by Gasteiger charge is 2.34. The van der Waals surface area contributed by atoms with Crippen LogP contribution in [0.1, 0.15) is 33.6 Å². The number of sulfone groups is 1. The van der Waals surface area contributed by atoms with Gasteiger partial charge in [0, 0.05) is 18.1 Å². The Kier molecular flexibility index (Phi) is 5.26. The van der Waals surface area contributed by atoms with E-state index in [0.29, 0.717) is 31.0 Å². The summed E-state index contributed by atoms with van der Waals surface area (Å²) in [6, 6.07) is 6.20. The Morgan fingerprint density at radius 2 is 1.70 bits per heavy atom. The van der Waals surface area contributed by atoms with Crippen LogP contribution in [0, 0.1) is 0 Å². The summed E-state index contributed by atoms with van der Waals surface area (Å²) in [4.78, 5) is 13.9. The highest BCUT2D eigenvalue weighted by molar-refractivity contribution is 7.92. The predicted octanol–water partition coefficient (Wildman–Crippen LogP) is 3.51. The van der Waals surface area contributed by atoms with E-state index in [0.717, 1.165) is 0 Å². The largest absolute Gasteiger partial charge is 0.444 e. The van der Waals surface area contributed by atoms with Crippen LogP contribution in [0.4, 0.5) is 4.79 Å². The number of benzene rings is 1. The summed E-state index contributed by atoms with van der Waals surface area (Å²) in [6.45, 7) is 6.19. The Labute approximate surface area is 142 Å². The van der Waals surface area contributed by atoms with Crippen molar-refractivity contribution in [3.63, 3.8) is 0 Å². The van der Waals surface area contributed by atoms with E-state index in [1.54, 1.807) is 17.0 Å². The number of halogens is 1. The van der Waals surface area contributed by atoms with Crippen LogP contribution >= 0.6 is 11.6 Å². The van der Waals surface area contributed by atoms with Gasteiger partial charge in [-0.2, -0.15) is 0 Å². The molecule has 0 atom stereocenters. The molecule has 5 nitrogen and oxygen atoms in total. The fourth-order valence-electron chi connectivity index (χ4n) is 2.49. The maximum absolute atomic E-state index is 12.6. The minimum atomic E-state index is -3.40. The Morgan fingerprint density at radius 3 is 2.17 bits per heavy atom. The summed E-state index contributed by atoms with van der Waals surface area (Å²) in [6.07, 6.45) is 0.425. The summed E-state index contributed by atoms with van der Waals surface area (Å²) < 4.78 is 30.6. The summed E-state index contributed by atoms with van der Waals surface area (Å²) in [5.41, 5.74) is -0.552. The molecular formula is C16H22ClNO4S. The number of carbonyl (C=O) groups is 1. The first-order chi connectivity index (χ1) is 10.6. The number of amides is 1. The molecule has 1 amide bonds. The first-order valence-corrected chi connectivity index (χ1v) is 9.49. The molecule has 0 aliphatic carbocycles. The van der Waals surface area contributed by atoms with Gasteiger partial charge in [0.1, 0.15) is 5.60 Å². The number of nitrogens with zero attached hydrogens (tertiary/aromatic N) is 1. The first kappa shape index (κ1) is 18.1. The zero-order valence-electron chi connectivity index (χ0n) is 13.6. The maximum Gasteiger partial charge on any atom is 0.410 e. The monoisotopic (exact) mass is 359 g/mol. The molecular weight excluding hydrogens is 338 g/mol. The minimum Gasteiger partial charge on any atom is -0.444 e. The molecule has 0 unspecified atom stereocenters. The number of ether oxygens (including phenoxy) is 1. The van der Waals surface area contributed by atoms with Crippen LogP contribution in [0.2, 0.25) is 5.02 Å². The molecule has 0 bridgehead atoms. The minimum absolute atomic E-state index is 0.276. The molecule has 1 saturated heterocycles. The molecule has 128 valence electrons. The Morgan fingerprint density at radius 1 is 1.17 bits per heavy atom. The van der Waals surface area contributed by atoms with Crippen molar-refractivity contribution in [2.45, 2.75) is 49.4 Å². The SMILES string of the molecule is CC(C)(C)OC(=O)N1CCC(S(=O)(=O)c2ccc(Cl)cc2)CC1. The summed E-state index contributed by atoms with van der Waals surface area (Å²) in [5.74, 6) is 0. The molecule has 1 heterocycles. The van der Waals surface area contributed by atoms with Crippen molar-refractivity contribution in [2.24, 2.45) is 0 Å². The molecule has 1 aromatic carbocycles. The molecule has 0 spiro atoms. The molecule has 1 aliphatic rings. The third kappa shape index (κ3) is 4.61. The molecule has 7 heteroatoms. The van der Waals surface area contributed by atoms with Crippen LogP contribution < -0.4 is 0 Å². The number of likely N-dealkylation sites (tertiary alicyclic amines) is 1. The van der Waals surface area contributed by atoms with E-state index in [-0.39, 0.29) is 11.0 Å². The van der Waals surface area contributed by atoms with Crippen molar-refractivity contribution in [1.82, 2.24) is 4.90 Å². The molecule has 0 N–H and O–H groups in total. The number of rotatable bonds is 2. The van der Waals surface area contributed by atoms with Crippen molar-refractivity contribution in [1.29, 1.82) is 0 Å². The third-order valence-corrected chi connectivity index (χ3v) is 6.20. The lowest BCUT2D eigenvalue weighted by Crippen LogP contribution is -2.44. The number of piperidine rings is 1. The molecule has 0 saturated carbocycles. The number of carbonyl (C=O) groups excluding carboxylic acids is 1. The van der Waals surface area contributed by atoms with E-state index in [1.807, 2.05) is 20.8 Å². The zero-order valence-corrected chi connectivity index (χ0v) is 15.2. The van der Waals surface area contributed by atoms with Gasteiger partial charge in [-0.15, -0.1) is 0 Å². The van der Waals surface area contributed by atoms with Crippen LogP contribution in [0.5, 0.6) is 0 Å². The normalized spacial score (nSPS) is 17.1. The topological polar surface area (TPSA) is 63.7 Å². The fourth-order valence-corrected chi connectivity index (χ4v) is 4.35. The lowest BCUT2D eigenvalue weighted by molar-refractivity contribution is 0.0217. The van der Waals surface area contributed by atoms with Gasteiger partial charge >= 0.3 is 6.09 Å². The molecule has 1 aliphatic heterocycles. The Balaban J connectivity index is 2.01. The highest BCUT2D eigenvalue weighted by Crippen LogP contribution is 2.26. The summed E-state index contributed by atoms with van der Waals surface area (Å²) in [7, 11) is -3.40. The van der Waals surface area contributed by atoms with E-state index in [4.69, 9.17) is 16.3 Å². The van der Waals surface area contributed by atoms with E-state index >= 15 is 0 Å². The maximum atomic E-state index is 12.6. The smallest absolute Gasteiger partial charge is 0.410 e. The second-order valence-corrected chi connectivity index (χ2v) is 9.33. The van der Waals surface area contributed by atoms with Crippen molar-refractivity contribution in [3.8, 4) is 0 Å². The van der Waals surface area contributed by atoms with E-state index in [1.165, 1.54) is 12.1 Å². The van der Waals surface area contributed by atoms with Gasteiger partial charge in [-0.3, -0.25) is 0 Å². The van der Waals surface area contributed by atoms with Crippen LogP contribution in [0.15, 0.2) is 29.2 Å². The summed E-state index contributed by atoms with van der Waals surface area (Å²) in [5, 5.41) is 0.0195. The molecule has 0 radical (unpaired) electrons.